The van der Waals surface area contributed by atoms with Crippen LogP contribution in [0.2, 0.25) is 0 Å². The number of hydrogen-bond acceptors (Lipinski definition) is 4. The summed E-state index contributed by atoms with van der Waals surface area (Å²) in [6.07, 6.45) is 6.26. The Kier molecular flexibility index (Phi) is 7.79. The Bertz CT molecular complexity index is 1360. The first kappa shape index (κ1) is 25.7. The monoisotopic (exact) mass is 520 g/mol. The number of hydrogen-bond donors (Lipinski definition) is 2. The van der Waals surface area contributed by atoms with Crippen molar-refractivity contribution in [1.29, 1.82) is 0 Å². The highest BCUT2D eigenvalue weighted by Crippen LogP contribution is 2.34. The van der Waals surface area contributed by atoms with Crippen LogP contribution < -0.4 is 10.0 Å². The SMILES string of the molecule is C=CS(=O)(=O)NCC1CCN(C(=O)c2ccc3c(c2)c(C2CCNCC2)cn3CCc2ccccc2)C1. The molecule has 2 N–H and O–H groups in total. The van der Waals surface area contributed by atoms with Gasteiger partial charge in [0.2, 0.25) is 10.0 Å². The summed E-state index contributed by atoms with van der Waals surface area (Å²) in [6, 6.07) is 16.7. The van der Waals surface area contributed by atoms with E-state index in [9.17, 15) is 13.2 Å². The summed E-state index contributed by atoms with van der Waals surface area (Å²) in [5.74, 6) is 0.608. The second kappa shape index (κ2) is 11.2. The van der Waals surface area contributed by atoms with Crippen molar-refractivity contribution in [3.63, 3.8) is 0 Å². The van der Waals surface area contributed by atoms with Crippen molar-refractivity contribution in [1.82, 2.24) is 19.5 Å². The maximum absolute atomic E-state index is 13.5. The standard InChI is InChI=1S/C29H36N4O3S/c1-2-37(35,36)31-19-23-13-17-33(20-23)29(34)25-8-9-28-26(18-25)27(24-10-14-30-15-11-24)21-32(28)16-12-22-6-4-3-5-7-22/h2-9,18,21,23-24,30-31H,1,10-17,19-20H2. The molecule has 0 saturated carbocycles. The second-order valence-corrected chi connectivity index (χ2v) is 11.9. The molecule has 8 heteroatoms. The highest BCUT2D eigenvalue weighted by atomic mass is 32.2. The fourth-order valence-electron chi connectivity index (χ4n) is 5.65. The number of aromatic nitrogens is 1. The van der Waals surface area contributed by atoms with E-state index in [-0.39, 0.29) is 11.8 Å². The molecule has 2 aromatic carbocycles. The lowest BCUT2D eigenvalue weighted by Gasteiger charge is -2.22. The summed E-state index contributed by atoms with van der Waals surface area (Å²) in [7, 11) is -3.45. The van der Waals surface area contributed by atoms with Crippen molar-refractivity contribution >= 4 is 26.8 Å². The number of sulfonamides is 1. The third kappa shape index (κ3) is 5.98. The van der Waals surface area contributed by atoms with Gasteiger partial charge in [-0.1, -0.05) is 36.9 Å². The molecule has 2 saturated heterocycles. The van der Waals surface area contributed by atoms with Gasteiger partial charge in [0.1, 0.15) is 0 Å². The minimum Gasteiger partial charge on any atom is -0.347 e. The topological polar surface area (TPSA) is 83.4 Å². The van der Waals surface area contributed by atoms with E-state index in [1.54, 1.807) is 0 Å². The van der Waals surface area contributed by atoms with Crippen LogP contribution in [0.25, 0.3) is 10.9 Å². The largest absolute Gasteiger partial charge is 0.347 e. The first-order valence-corrected chi connectivity index (χ1v) is 14.8. The predicted octanol–water partition coefficient (Wildman–Crippen LogP) is 3.88. The zero-order valence-corrected chi connectivity index (χ0v) is 22.1. The molecule has 1 atom stereocenters. The number of nitrogens with one attached hydrogen (secondary N) is 2. The van der Waals surface area contributed by atoms with Gasteiger partial charge in [-0.05, 0) is 79.9 Å². The highest BCUT2D eigenvalue weighted by Gasteiger charge is 2.28. The summed E-state index contributed by atoms with van der Waals surface area (Å²) in [5, 5.41) is 5.57. The van der Waals surface area contributed by atoms with Gasteiger partial charge < -0.3 is 14.8 Å². The van der Waals surface area contributed by atoms with E-state index < -0.39 is 10.0 Å². The zero-order valence-electron chi connectivity index (χ0n) is 21.2. The number of piperidine rings is 1. The number of carbonyl (C=O) groups excluding carboxylic acids is 1. The fraction of sp³-hybridized carbons (Fsp3) is 0.414. The van der Waals surface area contributed by atoms with Crippen LogP contribution in [-0.4, -0.2) is 56.5 Å². The summed E-state index contributed by atoms with van der Waals surface area (Å²) in [6.45, 7) is 7.78. The van der Waals surface area contributed by atoms with Crippen LogP contribution in [0.3, 0.4) is 0 Å². The molecular formula is C29H36N4O3S. The van der Waals surface area contributed by atoms with Crippen LogP contribution in [0.5, 0.6) is 0 Å². The van der Waals surface area contributed by atoms with Crippen LogP contribution in [0.15, 0.2) is 66.7 Å². The number of nitrogens with zero attached hydrogens (tertiary/aromatic N) is 2. The summed E-state index contributed by atoms with van der Waals surface area (Å²) >= 11 is 0. The molecule has 5 rings (SSSR count). The molecule has 7 nitrogen and oxygen atoms in total. The number of likely N-dealkylation sites (tertiary alicyclic amines) is 1. The number of aryl methyl sites for hydroxylation is 2. The summed E-state index contributed by atoms with van der Waals surface area (Å²) in [4.78, 5) is 15.3. The minimum atomic E-state index is -3.45. The molecule has 1 aromatic heterocycles. The van der Waals surface area contributed by atoms with E-state index in [1.165, 1.54) is 22.0 Å². The quantitative estimate of drug-likeness (QED) is 0.449. The molecule has 2 aliphatic rings. The predicted molar refractivity (Wildman–Crippen MR) is 148 cm³/mol. The molecule has 0 radical (unpaired) electrons. The maximum Gasteiger partial charge on any atom is 0.253 e. The average Bonchev–Trinajstić information content (AvgIpc) is 3.56. The van der Waals surface area contributed by atoms with Crippen LogP contribution in [0, 0.1) is 5.92 Å². The van der Waals surface area contributed by atoms with Gasteiger partial charge in [0, 0.05) is 54.3 Å². The Morgan fingerprint density at radius 2 is 1.89 bits per heavy atom. The van der Waals surface area contributed by atoms with E-state index in [0.717, 1.165) is 50.7 Å². The number of fused-ring (bicyclic) bond motifs is 1. The molecule has 196 valence electrons. The Labute approximate surface area is 219 Å². The molecular weight excluding hydrogens is 484 g/mol. The van der Waals surface area contributed by atoms with Gasteiger partial charge in [-0.2, -0.15) is 0 Å². The van der Waals surface area contributed by atoms with Gasteiger partial charge in [-0.25, -0.2) is 13.1 Å². The molecule has 3 heterocycles. The molecule has 37 heavy (non-hydrogen) atoms. The van der Waals surface area contributed by atoms with Crippen molar-refractivity contribution in [2.75, 3.05) is 32.7 Å². The van der Waals surface area contributed by atoms with Crippen LogP contribution in [0.1, 0.15) is 46.7 Å². The Hall–Kier alpha value is -2.94. The van der Waals surface area contributed by atoms with Gasteiger partial charge in [0.25, 0.3) is 5.91 Å². The Morgan fingerprint density at radius 3 is 2.65 bits per heavy atom. The molecule has 0 bridgehead atoms. The van der Waals surface area contributed by atoms with Gasteiger partial charge in [0.05, 0.1) is 0 Å². The van der Waals surface area contributed by atoms with Crippen LogP contribution >= 0.6 is 0 Å². The van der Waals surface area contributed by atoms with E-state index in [0.29, 0.717) is 31.1 Å². The summed E-state index contributed by atoms with van der Waals surface area (Å²) < 4.78 is 28.3. The molecule has 0 aliphatic carbocycles. The third-order valence-electron chi connectivity index (χ3n) is 7.79. The van der Waals surface area contributed by atoms with Crippen LogP contribution in [0.4, 0.5) is 0 Å². The van der Waals surface area contributed by atoms with Gasteiger partial charge in [-0.3, -0.25) is 4.79 Å². The van der Waals surface area contributed by atoms with Crippen molar-refractivity contribution in [3.05, 3.63) is 83.4 Å². The number of carbonyl (C=O) groups is 1. The number of amides is 1. The first-order chi connectivity index (χ1) is 17.9. The van der Waals surface area contributed by atoms with E-state index in [1.807, 2.05) is 17.0 Å². The van der Waals surface area contributed by atoms with Gasteiger partial charge in [0.15, 0.2) is 0 Å². The second-order valence-electron chi connectivity index (χ2n) is 10.2. The number of rotatable bonds is 9. The average molecular weight is 521 g/mol. The van der Waals surface area contributed by atoms with Crippen molar-refractivity contribution in [3.8, 4) is 0 Å². The first-order valence-electron chi connectivity index (χ1n) is 13.2. The Morgan fingerprint density at radius 1 is 1.11 bits per heavy atom. The lowest BCUT2D eigenvalue weighted by atomic mass is 9.89. The molecule has 0 spiro atoms. The van der Waals surface area contributed by atoms with E-state index >= 15 is 0 Å². The van der Waals surface area contributed by atoms with E-state index in [2.05, 4.69) is 63.8 Å². The van der Waals surface area contributed by atoms with Gasteiger partial charge >= 0.3 is 0 Å². The minimum absolute atomic E-state index is 0.0178. The molecule has 3 aromatic rings. The van der Waals surface area contributed by atoms with Crippen molar-refractivity contribution in [2.45, 2.75) is 38.1 Å². The van der Waals surface area contributed by atoms with Crippen molar-refractivity contribution in [2.24, 2.45) is 5.92 Å². The lowest BCUT2D eigenvalue weighted by molar-refractivity contribution is 0.0787. The normalized spacial score (nSPS) is 18.9. The zero-order chi connectivity index (χ0) is 25.8. The highest BCUT2D eigenvalue weighted by molar-refractivity contribution is 7.92. The van der Waals surface area contributed by atoms with Crippen LogP contribution in [-0.2, 0) is 23.0 Å². The Balaban J connectivity index is 1.36. The fourth-order valence-corrected chi connectivity index (χ4v) is 6.24. The summed E-state index contributed by atoms with van der Waals surface area (Å²) in [5.41, 5.74) is 4.55. The molecule has 1 unspecified atom stereocenters. The smallest absolute Gasteiger partial charge is 0.253 e. The third-order valence-corrected chi connectivity index (χ3v) is 8.80. The molecule has 2 aliphatic heterocycles. The van der Waals surface area contributed by atoms with Crippen molar-refractivity contribution < 1.29 is 13.2 Å². The molecule has 2 fully saturated rings. The van der Waals surface area contributed by atoms with Gasteiger partial charge in [-0.15, -0.1) is 0 Å². The van der Waals surface area contributed by atoms with E-state index in [4.69, 9.17) is 0 Å². The lowest BCUT2D eigenvalue weighted by Crippen LogP contribution is -2.32. The maximum atomic E-state index is 13.5. The number of benzene rings is 2. The molecule has 1 amide bonds.